The highest BCUT2D eigenvalue weighted by Gasteiger charge is 2.33. The molecular weight excluding hydrogens is 220 g/mol. The largest absolute Gasteiger partial charge is 0.356 e. The third-order valence-corrected chi connectivity index (χ3v) is 3.85. The Labute approximate surface area is 101 Å². The van der Waals surface area contributed by atoms with Crippen LogP contribution in [0.25, 0.3) is 0 Å². The number of nitrogens with two attached hydrogens (primary N) is 1. The Balaban J connectivity index is 2.14. The lowest BCUT2D eigenvalue weighted by Crippen LogP contribution is -2.31. The molecule has 2 rings (SSSR count). The highest BCUT2D eigenvalue weighted by atomic mass is 32.2. The van der Waals surface area contributed by atoms with E-state index >= 15 is 0 Å². The van der Waals surface area contributed by atoms with Crippen molar-refractivity contribution in [3.63, 3.8) is 0 Å². The Morgan fingerprint density at radius 1 is 1.56 bits per heavy atom. The van der Waals surface area contributed by atoms with E-state index in [-0.39, 0.29) is 5.41 Å². The molecule has 0 amide bonds. The molecule has 0 radical (unpaired) electrons. The zero-order chi connectivity index (χ0) is 11.6. The standard InChI is InChI=1S/C11H18N4S/c1-11(6-12)3-4-15(7-11)9-5-10(16-2)14-8-13-9/h5,8H,3-4,6-7,12H2,1-2H3. The minimum absolute atomic E-state index is 0.241. The number of hydrogen-bond acceptors (Lipinski definition) is 5. The van der Waals surface area contributed by atoms with E-state index in [1.165, 1.54) is 0 Å². The van der Waals surface area contributed by atoms with Gasteiger partial charge in [0.25, 0.3) is 0 Å². The first-order valence-corrected chi connectivity index (χ1v) is 6.70. The third-order valence-electron chi connectivity index (χ3n) is 3.21. The van der Waals surface area contributed by atoms with Gasteiger partial charge in [-0.2, -0.15) is 0 Å². The van der Waals surface area contributed by atoms with Crippen molar-refractivity contribution < 1.29 is 0 Å². The zero-order valence-corrected chi connectivity index (χ0v) is 10.6. The van der Waals surface area contributed by atoms with Crippen LogP contribution in [0.1, 0.15) is 13.3 Å². The molecule has 1 fully saturated rings. The summed E-state index contributed by atoms with van der Waals surface area (Å²) in [5, 5.41) is 1.02. The number of nitrogens with zero attached hydrogens (tertiary/aromatic N) is 3. The van der Waals surface area contributed by atoms with E-state index in [0.717, 1.165) is 36.9 Å². The maximum absolute atomic E-state index is 5.80. The van der Waals surface area contributed by atoms with Crippen molar-refractivity contribution in [2.75, 3.05) is 30.8 Å². The van der Waals surface area contributed by atoms with Crippen LogP contribution >= 0.6 is 11.8 Å². The number of aromatic nitrogens is 2. The van der Waals surface area contributed by atoms with Crippen molar-refractivity contribution in [1.29, 1.82) is 0 Å². The Hall–Kier alpha value is -0.810. The van der Waals surface area contributed by atoms with Crippen LogP contribution < -0.4 is 10.6 Å². The van der Waals surface area contributed by atoms with Crippen molar-refractivity contribution in [3.8, 4) is 0 Å². The van der Waals surface area contributed by atoms with Gasteiger partial charge in [0.15, 0.2) is 0 Å². The fourth-order valence-corrected chi connectivity index (χ4v) is 2.38. The molecule has 0 aromatic carbocycles. The maximum Gasteiger partial charge on any atom is 0.133 e. The van der Waals surface area contributed by atoms with Crippen LogP contribution in [0.5, 0.6) is 0 Å². The van der Waals surface area contributed by atoms with Gasteiger partial charge in [0.2, 0.25) is 0 Å². The quantitative estimate of drug-likeness (QED) is 0.637. The summed E-state index contributed by atoms with van der Waals surface area (Å²) in [7, 11) is 0. The van der Waals surface area contributed by atoms with Gasteiger partial charge in [0, 0.05) is 19.2 Å². The molecule has 2 N–H and O–H groups in total. The van der Waals surface area contributed by atoms with Crippen LogP contribution in [0.4, 0.5) is 5.82 Å². The highest BCUT2D eigenvalue weighted by Crippen LogP contribution is 2.31. The second-order valence-electron chi connectivity index (χ2n) is 4.60. The summed E-state index contributed by atoms with van der Waals surface area (Å²) in [6.45, 7) is 5.01. The highest BCUT2D eigenvalue weighted by molar-refractivity contribution is 7.98. The van der Waals surface area contributed by atoms with Gasteiger partial charge in [-0.1, -0.05) is 6.92 Å². The molecule has 0 aliphatic carbocycles. The van der Waals surface area contributed by atoms with Crippen molar-refractivity contribution in [2.45, 2.75) is 18.4 Å². The molecule has 88 valence electrons. The van der Waals surface area contributed by atoms with Crippen LogP contribution in [-0.2, 0) is 0 Å². The Kier molecular flexibility index (Phi) is 3.35. The second-order valence-corrected chi connectivity index (χ2v) is 5.43. The van der Waals surface area contributed by atoms with Crippen molar-refractivity contribution >= 4 is 17.6 Å². The van der Waals surface area contributed by atoms with E-state index in [4.69, 9.17) is 5.73 Å². The minimum Gasteiger partial charge on any atom is -0.356 e. The molecule has 0 bridgehead atoms. The predicted molar refractivity (Wildman–Crippen MR) is 67.8 cm³/mol. The first kappa shape index (κ1) is 11.7. The van der Waals surface area contributed by atoms with Gasteiger partial charge in [0.05, 0.1) is 0 Å². The summed E-state index contributed by atoms with van der Waals surface area (Å²) >= 11 is 1.64. The molecule has 1 saturated heterocycles. The maximum atomic E-state index is 5.80. The Morgan fingerprint density at radius 2 is 2.38 bits per heavy atom. The predicted octanol–water partition coefficient (Wildman–Crippen LogP) is 1.37. The van der Waals surface area contributed by atoms with E-state index in [0.29, 0.717) is 0 Å². The Morgan fingerprint density at radius 3 is 3.00 bits per heavy atom. The number of thioether (sulfide) groups is 1. The fourth-order valence-electron chi connectivity index (χ4n) is 2.00. The van der Waals surface area contributed by atoms with Gasteiger partial charge in [-0.25, -0.2) is 9.97 Å². The van der Waals surface area contributed by atoms with Gasteiger partial charge in [-0.15, -0.1) is 11.8 Å². The van der Waals surface area contributed by atoms with Crippen LogP contribution in [-0.4, -0.2) is 35.9 Å². The van der Waals surface area contributed by atoms with E-state index in [1.807, 2.05) is 12.3 Å². The number of hydrogen-bond donors (Lipinski definition) is 1. The molecule has 1 aliphatic heterocycles. The lowest BCUT2D eigenvalue weighted by molar-refractivity contribution is 0.383. The molecule has 1 unspecified atom stereocenters. The average Bonchev–Trinajstić information content (AvgIpc) is 2.73. The third kappa shape index (κ3) is 2.30. The van der Waals surface area contributed by atoms with Gasteiger partial charge >= 0.3 is 0 Å². The summed E-state index contributed by atoms with van der Waals surface area (Å²) in [6.07, 6.45) is 4.81. The zero-order valence-electron chi connectivity index (χ0n) is 9.81. The summed E-state index contributed by atoms with van der Waals surface area (Å²) in [6, 6.07) is 2.05. The lowest BCUT2D eigenvalue weighted by Gasteiger charge is -2.23. The smallest absolute Gasteiger partial charge is 0.133 e. The van der Waals surface area contributed by atoms with Gasteiger partial charge in [0.1, 0.15) is 17.2 Å². The van der Waals surface area contributed by atoms with Gasteiger partial charge in [-0.3, -0.25) is 0 Å². The minimum atomic E-state index is 0.241. The molecule has 1 aliphatic rings. The van der Waals surface area contributed by atoms with Gasteiger partial charge < -0.3 is 10.6 Å². The average molecular weight is 238 g/mol. The SMILES string of the molecule is CSc1cc(N2CCC(C)(CN)C2)ncn1. The van der Waals surface area contributed by atoms with Crippen molar-refractivity contribution in [3.05, 3.63) is 12.4 Å². The first-order valence-electron chi connectivity index (χ1n) is 5.48. The van der Waals surface area contributed by atoms with Crippen LogP contribution in [0.15, 0.2) is 17.4 Å². The fraction of sp³-hybridized carbons (Fsp3) is 0.636. The molecule has 0 saturated carbocycles. The number of rotatable bonds is 3. The topological polar surface area (TPSA) is 55.0 Å². The molecule has 1 atom stereocenters. The molecule has 5 heteroatoms. The molecule has 1 aromatic heterocycles. The summed E-state index contributed by atoms with van der Waals surface area (Å²) in [5.41, 5.74) is 6.04. The molecule has 1 aromatic rings. The first-order chi connectivity index (χ1) is 7.67. The van der Waals surface area contributed by atoms with E-state index in [9.17, 15) is 0 Å². The molecule has 16 heavy (non-hydrogen) atoms. The van der Waals surface area contributed by atoms with Crippen molar-refractivity contribution in [1.82, 2.24) is 9.97 Å². The summed E-state index contributed by atoms with van der Waals surface area (Å²) in [5.74, 6) is 1.02. The molecular formula is C11H18N4S. The van der Waals surface area contributed by atoms with Gasteiger partial charge in [-0.05, 0) is 24.6 Å². The van der Waals surface area contributed by atoms with Crippen LogP contribution in [0, 0.1) is 5.41 Å². The normalized spacial score (nSPS) is 25.1. The van der Waals surface area contributed by atoms with E-state index in [1.54, 1.807) is 18.1 Å². The van der Waals surface area contributed by atoms with Crippen molar-refractivity contribution in [2.24, 2.45) is 11.1 Å². The van der Waals surface area contributed by atoms with E-state index < -0.39 is 0 Å². The molecule has 2 heterocycles. The van der Waals surface area contributed by atoms with Crippen LogP contribution in [0.2, 0.25) is 0 Å². The summed E-state index contributed by atoms with van der Waals surface area (Å²) < 4.78 is 0. The van der Waals surface area contributed by atoms with E-state index in [2.05, 4.69) is 21.8 Å². The Bertz CT molecular complexity index is 371. The number of anilines is 1. The second kappa shape index (κ2) is 4.59. The molecule has 0 spiro atoms. The van der Waals surface area contributed by atoms with Crippen LogP contribution in [0.3, 0.4) is 0 Å². The molecule has 4 nitrogen and oxygen atoms in total. The lowest BCUT2D eigenvalue weighted by atomic mass is 9.90. The monoisotopic (exact) mass is 238 g/mol. The summed E-state index contributed by atoms with van der Waals surface area (Å²) in [4.78, 5) is 10.8.